The number of fused-ring (bicyclic) bond motifs is 2. The zero-order valence-electron chi connectivity index (χ0n) is 9.76. The maximum absolute atomic E-state index is 11.5. The van der Waals surface area contributed by atoms with Gasteiger partial charge in [0.1, 0.15) is 12.2 Å². The first-order chi connectivity index (χ1) is 8.17. The maximum atomic E-state index is 11.5. The van der Waals surface area contributed by atoms with Crippen molar-refractivity contribution in [2.24, 2.45) is 0 Å². The molecule has 0 spiro atoms. The normalized spacial score (nSPS) is 25.3. The van der Waals surface area contributed by atoms with Gasteiger partial charge < -0.3 is 14.2 Å². The van der Waals surface area contributed by atoms with Crippen molar-refractivity contribution in [2.45, 2.75) is 26.1 Å². The van der Waals surface area contributed by atoms with E-state index in [-0.39, 0.29) is 11.9 Å². The quantitative estimate of drug-likeness (QED) is 0.676. The lowest BCUT2D eigenvalue weighted by molar-refractivity contribution is -0.139. The molecule has 2 unspecified atom stereocenters. The molecule has 0 saturated heterocycles. The van der Waals surface area contributed by atoms with Crippen LogP contribution in [0.15, 0.2) is 23.3 Å². The summed E-state index contributed by atoms with van der Waals surface area (Å²) >= 11 is 0. The second-order valence-electron chi connectivity index (χ2n) is 3.66. The molecule has 0 saturated carbocycles. The molecule has 2 heterocycles. The minimum absolute atomic E-state index is 0.321. The van der Waals surface area contributed by atoms with Crippen molar-refractivity contribution >= 4 is 11.9 Å². The molecule has 2 bridgehead atoms. The van der Waals surface area contributed by atoms with Crippen molar-refractivity contribution in [2.75, 3.05) is 13.2 Å². The largest absolute Gasteiger partial charge is 0.463 e. The van der Waals surface area contributed by atoms with Crippen LogP contribution in [-0.2, 0) is 23.8 Å². The molecule has 0 N–H and O–H groups in total. The number of hydrogen-bond acceptors (Lipinski definition) is 5. The number of esters is 2. The van der Waals surface area contributed by atoms with Crippen molar-refractivity contribution in [1.82, 2.24) is 0 Å². The predicted octanol–water partition coefficient (Wildman–Crippen LogP) is 0.746. The summed E-state index contributed by atoms with van der Waals surface area (Å²) in [5.74, 6) is -0.779. The number of hydrogen-bond donors (Lipinski definition) is 0. The molecule has 2 aliphatic rings. The topological polar surface area (TPSA) is 61.8 Å². The van der Waals surface area contributed by atoms with Crippen molar-refractivity contribution in [1.29, 1.82) is 0 Å². The Morgan fingerprint density at radius 1 is 1.06 bits per heavy atom. The van der Waals surface area contributed by atoms with Gasteiger partial charge in [0.25, 0.3) is 0 Å². The predicted molar refractivity (Wildman–Crippen MR) is 58.1 cm³/mol. The van der Waals surface area contributed by atoms with Gasteiger partial charge in [-0.05, 0) is 26.0 Å². The van der Waals surface area contributed by atoms with E-state index in [9.17, 15) is 9.59 Å². The molecule has 2 aliphatic heterocycles. The summed E-state index contributed by atoms with van der Waals surface area (Å²) in [5.41, 5.74) is 0.926. The van der Waals surface area contributed by atoms with E-state index in [1.165, 1.54) is 0 Å². The molecule has 0 aromatic carbocycles. The molecule has 0 aliphatic carbocycles. The van der Waals surface area contributed by atoms with Crippen LogP contribution >= 0.6 is 0 Å². The number of carbonyl (C=O) groups excluding carboxylic acids is 2. The molecule has 0 radical (unpaired) electrons. The Balaban J connectivity index is 2.05. The first-order valence-corrected chi connectivity index (χ1v) is 5.60. The molecular weight excluding hydrogens is 224 g/mol. The Morgan fingerprint density at radius 2 is 1.47 bits per heavy atom. The van der Waals surface area contributed by atoms with Gasteiger partial charge in [0.05, 0.1) is 24.4 Å². The zero-order valence-corrected chi connectivity index (χ0v) is 9.76. The minimum Gasteiger partial charge on any atom is -0.463 e. The Kier molecular flexibility index (Phi) is 3.28. The van der Waals surface area contributed by atoms with Gasteiger partial charge in [-0.25, -0.2) is 9.59 Å². The number of rotatable bonds is 4. The minimum atomic E-state index is -0.474. The molecule has 17 heavy (non-hydrogen) atoms. The van der Waals surface area contributed by atoms with E-state index in [1.807, 2.05) is 0 Å². The highest BCUT2D eigenvalue weighted by atomic mass is 16.6. The van der Waals surface area contributed by atoms with E-state index in [0.29, 0.717) is 24.4 Å². The number of ether oxygens (including phenoxy) is 3. The van der Waals surface area contributed by atoms with E-state index in [2.05, 4.69) is 0 Å². The third kappa shape index (κ3) is 2.10. The molecular formula is C12H14O5. The molecule has 5 heteroatoms. The van der Waals surface area contributed by atoms with Gasteiger partial charge >= 0.3 is 11.9 Å². The SMILES string of the molecule is CCOC(=O)C1=CC2OC1C=C2C(=O)OCC. The molecule has 0 amide bonds. The van der Waals surface area contributed by atoms with Crippen molar-refractivity contribution in [3.05, 3.63) is 23.3 Å². The lowest BCUT2D eigenvalue weighted by Gasteiger charge is -2.08. The van der Waals surface area contributed by atoms with E-state index in [0.717, 1.165) is 0 Å². The Hall–Kier alpha value is -1.62. The Bertz CT molecular complexity index is 369. The van der Waals surface area contributed by atoms with Gasteiger partial charge in [0.15, 0.2) is 0 Å². The van der Waals surface area contributed by atoms with Gasteiger partial charge in [0.2, 0.25) is 0 Å². The summed E-state index contributed by atoms with van der Waals surface area (Å²) < 4.78 is 15.2. The van der Waals surface area contributed by atoms with Crippen LogP contribution in [0, 0.1) is 0 Å². The Labute approximate surface area is 99.0 Å². The van der Waals surface area contributed by atoms with Gasteiger partial charge in [0, 0.05) is 0 Å². The highest BCUT2D eigenvalue weighted by Gasteiger charge is 2.41. The molecule has 92 valence electrons. The highest BCUT2D eigenvalue weighted by molar-refractivity contribution is 5.96. The zero-order chi connectivity index (χ0) is 12.4. The van der Waals surface area contributed by atoms with Crippen LogP contribution < -0.4 is 0 Å². The van der Waals surface area contributed by atoms with Crippen molar-refractivity contribution < 1.29 is 23.8 Å². The average Bonchev–Trinajstić information content (AvgIpc) is 2.88. The molecule has 2 rings (SSSR count). The molecule has 2 atom stereocenters. The molecule has 0 aromatic heterocycles. The van der Waals surface area contributed by atoms with Crippen molar-refractivity contribution in [3.8, 4) is 0 Å². The third-order valence-corrected chi connectivity index (χ3v) is 2.59. The first kappa shape index (κ1) is 11.9. The van der Waals surface area contributed by atoms with Crippen molar-refractivity contribution in [3.63, 3.8) is 0 Å². The average molecular weight is 238 g/mol. The van der Waals surface area contributed by atoms with E-state index in [4.69, 9.17) is 14.2 Å². The van der Waals surface area contributed by atoms with Gasteiger partial charge in [-0.1, -0.05) is 0 Å². The summed E-state index contributed by atoms with van der Waals surface area (Å²) in [7, 11) is 0. The van der Waals surface area contributed by atoms with E-state index >= 15 is 0 Å². The van der Waals surface area contributed by atoms with Crippen LogP contribution in [0.1, 0.15) is 13.8 Å². The fourth-order valence-electron chi connectivity index (χ4n) is 1.88. The van der Waals surface area contributed by atoms with Gasteiger partial charge in [-0.2, -0.15) is 0 Å². The molecule has 5 nitrogen and oxygen atoms in total. The smallest absolute Gasteiger partial charge is 0.336 e. The fourth-order valence-corrected chi connectivity index (χ4v) is 1.88. The summed E-state index contributed by atoms with van der Waals surface area (Å²) in [6.45, 7) is 4.13. The second kappa shape index (κ2) is 4.71. The van der Waals surface area contributed by atoms with Crippen LogP contribution in [0.2, 0.25) is 0 Å². The van der Waals surface area contributed by atoms with Gasteiger partial charge in [-0.3, -0.25) is 0 Å². The maximum Gasteiger partial charge on any atom is 0.336 e. The van der Waals surface area contributed by atoms with Crippen LogP contribution in [0.5, 0.6) is 0 Å². The monoisotopic (exact) mass is 238 g/mol. The van der Waals surface area contributed by atoms with Crippen LogP contribution in [-0.4, -0.2) is 37.4 Å². The summed E-state index contributed by atoms with van der Waals surface area (Å²) in [6.07, 6.45) is 2.29. The summed E-state index contributed by atoms with van der Waals surface area (Å²) in [5, 5.41) is 0. The lowest BCUT2D eigenvalue weighted by atomic mass is 9.99. The lowest BCUT2D eigenvalue weighted by Crippen LogP contribution is -2.18. The van der Waals surface area contributed by atoms with Gasteiger partial charge in [-0.15, -0.1) is 0 Å². The Morgan fingerprint density at radius 3 is 1.76 bits per heavy atom. The van der Waals surface area contributed by atoms with Crippen LogP contribution in [0.25, 0.3) is 0 Å². The van der Waals surface area contributed by atoms with E-state index in [1.54, 1.807) is 26.0 Å². The van der Waals surface area contributed by atoms with Crippen LogP contribution in [0.4, 0.5) is 0 Å². The second-order valence-corrected chi connectivity index (χ2v) is 3.66. The number of carbonyl (C=O) groups is 2. The standard InChI is InChI=1S/C12H14O5/c1-3-15-11(13)7-5-10-8(6-9(7)17-10)12(14)16-4-2/h5-6,9-10H,3-4H2,1-2H3. The van der Waals surface area contributed by atoms with E-state index < -0.39 is 12.2 Å². The summed E-state index contributed by atoms with van der Waals surface area (Å²) in [6, 6.07) is 0. The molecule has 0 fully saturated rings. The fraction of sp³-hybridized carbons (Fsp3) is 0.500. The first-order valence-electron chi connectivity index (χ1n) is 5.60. The van der Waals surface area contributed by atoms with Crippen LogP contribution in [0.3, 0.4) is 0 Å². The molecule has 0 aromatic rings. The third-order valence-electron chi connectivity index (χ3n) is 2.59. The summed E-state index contributed by atoms with van der Waals surface area (Å²) in [4.78, 5) is 23.0. The highest BCUT2D eigenvalue weighted by Crippen LogP contribution is 2.34.